The highest BCUT2D eigenvalue weighted by Crippen LogP contribution is 2.51. The number of thiophene rings is 1. The third-order valence-corrected chi connectivity index (χ3v) is 6.02. The third-order valence-electron chi connectivity index (χ3n) is 4.59. The summed E-state index contributed by atoms with van der Waals surface area (Å²) in [5.74, 6) is 0. The second-order valence-corrected chi connectivity index (χ2v) is 6.94. The Morgan fingerprint density at radius 1 is 1.15 bits per heavy atom. The van der Waals surface area contributed by atoms with E-state index in [4.69, 9.17) is 11.6 Å². The second-order valence-electron chi connectivity index (χ2n) is 5.58. The van der Waals surface area contributed by atoms with Crippen molar-refractivity contribution >= 4 is 22.9 Å². The molecule has 1 atom stereocenters. The normalized spacial score (nSPS) is 19.1. The molecule has 0 radical (unpaired) electrons. The molecule has 3 rings (SSSR count). The van der Waals surface area contributed by atoms with Crippen molar-refractivity contribution in [1.29, 1.82) is 0 Å². The molecule has 1 aliphatic rings. The van der Waals surface area contributed by atoms with E-state index in [2.05, 4.69) is 48.1 Å². The molecule has 1 N–H and O–H groups in total. The van der Waals surface area contributed by atoms with Gasteiger partial charge >= 0.3 is 0 Å². The van der Waals surface area contributed by atoms with Gasteiger partial charge in [0.05, 0.1) is 11.1 Å². The molecule has 0 saturated heterocycles. The van der Waals surface area contributed by atoms with Gasteiger partial charge < -0.3 is 5.32 Å². The Balaban J connectivity index is 2.08. The molecule has 0 amide bonds. The van der Waals surface area contributed by atoms with Crippen LogP contribution in [0.15, 0.2) is 41.8 Å². The second kappa shape index (κ2) is 5.88. The number of likely N-dealkylation sites (N-methyl/N-ethyl adjacent to an activating group) is 1. The van der Waals surface area contributed by atoms with E-state index in [0.29, 0.717) is 6.04 Å². The quantitative estimate of drug-likeness (QED) is 0.821. The van der Waals surface area contributed by atoms with Crippen molar-refractivity contribution in [2.75, 3.05) is 7.05 Å². The van der Waals surface area contributed by atoms with E-state index in [0.717, 1.165) is 5.02 Å². The average molecular weight is 306 g/mol. The summed E-state index contributed by atoms with van der Waals surface area (Å²) < 4.78 is 0. The molecule has 1 fully saturated rings. The summed E-state index contributed by atoms with van der Waals surface area (Å²) in [6, 6.07) is 13.3. The maximum Gasteiger partial charge on any atom is 0.0561 e. The standard InChI is InChI=1S/C17H20ClNS/c1-19-16(15-14(18)9-12-20-15)17(10-5-6-11-17)13-7-3-2-4-8-13/h2-4,7-9,12,16,19H,5-6,10-11H2,1H3. The van der Waals surface area contributed by atoms with E-state index in [9.17, 15) is 0 Å². The first-order valence-electron chi connectivity index (χ1n) is 7.23. The van der Waals surface area contributed by atoms with E-state index in [1.165, 1.54) is 36.1 Å². The highest BCUT2D eigenvalue weighted by Gasteiger charge is 2.43. The first-order chi connectivity index (χ1) is 9.78. The van der Waals surface area contributed by atoms with Crippen molar-refractivity contribution in [2.45, 2.75) is 37.1 Å². The minimum absolute atomic E-state index is 0.185. The monoisotopic (exact) mass is 305 g/mol. The largest absolute Gasteiger partial charge is 0.312 e. The molecule has 2 aromatic rings. The molecule has 1 unspecified atom stereocenters. The van der Waals surface area contributed by atoms with Crippen LogP contribution >= 0.6 is 22.9 Å². The van der Waals surface area contributed by atoms with Gasteiger partial charge in [-0.05, 0) is 36.9 Å². The van der Waals surface area contributed by atoms with Gasteiger partial charge in [0.2, 0.25) is 0 Å². The predicted molar refractivity (Wildman–Crippen MR) is 87.7 cm³/mol. The molecule has 106 valence electrons. The lowest BCUT2D eigenvalue weighted by Crippen LogP contribution is -2.38. The minimum atomic E-state index is 0.185. The Bertz CT molecular complexity index is 557. The van der Waals surface area contributed by atoms with Crippen molar-refractivity contribution in [2.24, 2.45) is 0 Å². The van der Waals surface area contributed by atoms with Crippen molar-refractivity contribution < 1.29 is 0 Å². The fraction of sp³-hybridized carbons (Fsp3) is 0.412. The van der Waals surface area contributed by atoms with Gasteiger partial charge in [-0.1, -0.05) is 54.8 Å². The third kappa shape index (κ3) is 2.30. The minimum Gasteiger partial charge on any atom is -0.312 e. The van der Waals surface area contributed by atoms with Crippen LogP contribution in [-0.4, -0.2) is 7.05 Å². The van der Waals surface area contributed by atoms with Crippen LogP contribution < -0.4 is 5.32 Å². The lowest BCUT2D eigenvalue weighted by molar-refractivity contribution is 0.320. The van der Waals surface area contributed by atoms with E-state index in [1.807, 2.05) is 6.07 Å². The van der Waals surface area contributed by atoms with Crippen LogP contribution in [0.2, 0.25) is 5.02 Å². The molecule has 0 aliphatic heterocycles. The molecule has 1 heterocycles. The van der Waals surface area contributed by atoms with Crippen LogP contribution in [0, 0.1) is 0 Å². The van der Waals surface area contributed by atoms with Gasteiger partial charge in [0.25, 0.3) is 0 Å². The predicted octanol–water partition coefficient (Wildman–Crippen LogP) is 5.17. The molecule has 1 aliphatic carbocycles. The van der Waals surface area contributed by atoms with Gasteiger partial charge in [0.15, 0.2) is 0 Å². The van der Waals surface area contributed by atoms with E-state index < -0.39 is 0 Å². The van der Waals surface area contributed by atoms with Gasteiger partial charge in [-0.3, -0.25) is 0 Å². The zero-order valence-electron chi connectivity index (χ0n) is 11.7. The number of rotatable bonds is 4. The fourth-order valence-corrected chi connectivity index (χ4v) is 5.08. The zero-order chi connectivity index (χ0) is 14.0. The Morgan fingerprint density at radius 3 is 2.40 bits per heavy atom. The number of benzene rings is 1. The lowest BCUT2D eigenvalue weighted by Gasteiger charge is -2.38. The van der Waals surface area contributed by atoms with Gasteiger partial charge in [0, 0.05) is 10.3 Å². The average Bonchev–Trinajstić information content (AvgIpc) is 3.12. The Hall–Kier alpha value is -0.830. The van der Waals surface area contributed by atoms with E-state index in [-0.39, 0.29) is 5.41 Å². The highest BCUT2D eigenvalue weighted by molar-refractivity contribution is 7.10. The number of nitrogens with one attached hydrogen (secondary N) is 1. The van der Waals surface area contributed by atoms with Gasteiger partial charge in [-0.2, -0.15) is 0 Å². The molecule has 1 aromatic carbocycles. The van der Waals surface area contributed by atoms with Crippen molar-refractivity contribution in [3.8, 4) is 0 Å². The van der Waals surface area contributed by atoms with Crippen LogP contribution in [0.1, 0.15) is 42.2 Å². The maximum absolute atomic E-state index is 6.41. The molecule has 1 saturated carbocycles. The summed E-state index contributed by atoms with van der Waals surface area (Å²) in [5, 5.41) is 6.55. The number of hydrogen-bond acceptors (Lipinski definition) is 2. The summed E-state index contributed by atoms with van der Waals surface area (Å²) in [6.45, 7) is 0. The van der Waals surface area contributed by atoms with Crippen LogP contribution in [0.25, 0.3) is 0 Å². The van der Waals surface area contributed by atoms with Crippen LogP contribution in [0.4, 0.5) is 0 Å². The van der Waals surface area contributed by atoms with Crippen molar-refractivity contribution in [3.05, 3.63) is 57.2 Å². The molecule has 20 heavy (non-hydrogen) atoms. The molecule has 0 bridgehead atoms. The lowest BCUT2D eigenvalue weighted by atomic mass is 9.72. The SMILES string of the molecule is CNC(c1sccc1Cl)C1(c2ccccc2)CCCC1. The summed E-state index contributed by atoms with van der Waals surface area (Å²) in [4.78, 5) is 1.28. The highest BCUT2D eigenvalue weighted by atomic mass is 35.5. The Kier molecular flexibility index (Phi) is 4.16. The van der Waals surface area contributed by atoms with E-state index >= 15 is 0 Å². The molecule has 3 heteroatoms. The Labute approximate surface area is 130 Å². The topological polar surface area (TPSA) is 12.0 Å². The van der Waals surface area contributed by atoms with E-state index in [1.54, 1.807) is 11.3 Å². The van der Waals surface area contributed by atoms with Gasteiger partial charge in [0.1, 0.15) is 0 Å². The summed E-state index contributed by atoms with van der Waals surface area (Å²) >= 11 is 8.18. The smallest absolute Gasteiger partial charge is 0.0561 e. The first kappa shape index (κ1) is 14.1. The molecular weight excluding hydrogens is 286 g/mol. The van der Waals surface area contributed by atoms with Gasteiger partial charge in [-0.15, -0.1) is 11.3 Å². The first-order valence-corrected chi connectivity index (χ1v) is 8.49. The molecular formula is C17H20ClNS. The zero-order valence-corrected chi connectivity index (χ0v) is 13.3. The van der Waals surface area contributed by atoms with Crippen LogP contribution in [0.5, 0.6) is 0 Å². The van der Waals surface area contributed by atoms with Gasteiger partial charge in [-0.25, -0.2) is 0 Å². The summed E-state index contributed by atoms with van der Waals surface area (Å²) in [5.41, 5.74) is 1.63. The van der Waals surface area contributed by atoms with Crippen LogP contribution in [0.3, 0.4) is 0 Å². The van der Waals surface area contributed by atoms with Crippen molar-refractivity contribution in [3.63, 3.8) is 0 Å². The molecule has 0 spiro atoms. The maximum atomic E-state index is 6.41. The molecule has 1 nitrogen and oxygen atoms in total. The summed E-state index contributed by atoms with van der Waals surface area (Å²) in [7, 11) is 2.06. The van der Waals surface area contributed by atoms with Crippen molar-refractivity contribution in [1.82, 2.24) is 5.32 Å². The van der Waals surface area contributed by atoms with Crippen LogP contribution in [-0.2, 0) is 5.41 Å². The Morgan fingerprint density at radius 2 is 1.85 bits per heavy atom. The molecule has 1 aromatic heterocycles. The summed E-state index contributed by atoms with van der Waals surface area (Å²) in [6.07, 6.45) is 5.07. The number of hydrogen-bond donors (Lipinski definition) is 1. The fourth-order valence-electron chi connectivity index (χ4n) is 3.69. The number of halogens is 1.